The average molecular weight is 260 g/mol. The van der Waals surface area contributed by atoms with Crippen molar-refractivity contribution in [2.24, 2.45) is 0 Å². The molecular formula is C15H20N2S. The molecule has 96 valence electrons. The molecular weight excluding hydrogens is 240 g/mol. The van der Waals surface area contributed by atoms with E-state index in [0.29, 0.717) is 5.92 Å². The number of benzene rings is 1. The number of nitrogens with one attached hydrogen (secondary N) is 1. The first-order valence-corrected chi connectivity index (χ1v) is 7.24. The smallest absolute Gasteiger partial charge is 0.0940 e. The summed E-state index contributed by atoms with van der Waals surface area (Å²) in [6, 6.07) is 10.6. The van der Waals surface area contributed by atoms with Crippen molar-refractivity contribution in [2.75, 3.05) is 13.1 Å². The second-order valence-corrected chi connectivity index (χ2v) is 5.95. The van der Waals surface area contributed by atoms with Crippen molar-refractivity contribution in [2.45, 2.75) is 26.2 Å². The van der Waals surface area contributed by atoms with Gasteiger partial charge in [-0.15, -0.1) is 11.3 Å². The molecule has 0 saturated heterocycles. The first-order valence-electron chi connectivity index (χ1n) is 6.42. The van der Waals surface area contributed by atoms with Crippen LogP contribution >= 0.6 is 11.3 Å². The van der Waals surface area contributed by atoms with Gasteiger partial charge in [-0.05, 0) is 18.4 Å². The van der Waals surface area contributed by atoms with E-state index in [0.717, 1.165) is 19.5 Å². The third kappa shape index (κ3) is 3.93. The molecule has 2 nitrogen and oxygen atoms in total. The van der Waals surface area contributed by atoms with Crippen LogP contribution in [0, 0.1) is 6.92 Å². The maximum Gasteiger partial charge on any atom is 0.0940 e. The number of rotatable bonds is 6. The topological polar surface area (TPSA) is 24.9 Å². The fourth-order valence-electron chi connectivity index (χ4n) is 1.93. The molecule has 0 unspecified atom stereocenters. The molecule has 0 fully saturated rings. The minimum atomic E-state index is 0.559. The van der Waals surface area contributed by atoms with Crippen molar-refractivity contribution >= 4 is 11.3 Å². The zero-order valence-corrected chi connectivity index (χ0v) is 11.8. The van der Waals surface area contributed by atoms with Crippen molar-refractivity contribution in [3.05, 3.63) is 52.0 Å². The Kier molecular flexibility index (Phi) is 4.90. The fourth-order valence-corrected chi connectivity index (χ4v) is 2.72. The molecule has 0 aliphatic rings. The lowest BCUT2D eigenvalue weighted by molar-refractivity contribution is 0.614. The fraction of sp³-hybridized carbons (Fsp3) is 0.400. The molecule has 0 bridgehead atoms. The maximum atomic E-state index is 4.37. The SMILES string of the molecule is Cc1cnc(CCNC[C@@H](C)c2ccccc2)s1. The van der Waals surface area contributed by atoms with Crippen molar-refractivity contribution in [3.63, 3.8) is 0 Å². The molecule has 1 N–H and O–H groups in total. The summed E-state index contributed by atoms with van der Waals surface area (Å²) in [5.74, 6) is 0.559. The summed E-state index contributed by atoms with van der Waals surface area (Å²) in [4.78, 5) is 5.66. The molecule has 0 amide bonds. The van der Waals surface area contributed by atoms with Gasteiger partial charge in [0.05, 0.1) is 5.01 Å². The molecule has 0 aliphatic heterocycles. The molecule has 18 heavy (non-hydrogen) atoms. The molecule has 0 spiro atoms. The Morgan fingerprint density at radius 3 is 2.72 bits per heavy atom. The second kappa shape index (κ2) is 6.66. The van der Waals surface area contributed by atoms with Crippen molar-refractivity contribution in [1.82, 2.24) is 10.3 Å². The van der Waals surface area contributed by atoms with Crippen molar-refractivity contribution in [1.29, 1.82) is 0 Å². The highest BCUT2D eigenvalue weighted by molar-refractivity contribution is 7.11. The minimum absolute atomic E-state index is 0.559. The van der Waals surface area contributed by atoms with Crippen LogP contribution in [0.5, 0.6) is 0 Å². The van der Waals surface area contributed by atoms with E-state index in [9.17, 15) is 0 Å². The van der Waals surface area contributed by atoms with E-state index in [1.54, 1.807) is 11.3 Å². The predicted octanol–water partition coefficient (Wildman–Crippen LogP) is 3.39. The van der Waals surface area contributed by atoms with Gasteiger partial charge in [0.25, 0.3) is 0 Å². The lowest BCUT2D eigenvalue weighted by Gasteiger charge is -2.12. The van der Waals surface area contributed by atoms with Gasteiger partial charge >= 0.3 is 0 Å². The lowest BCUT2D eigenvalue weighted by atomic mass is 10.0. The van der Waals surface area contributed by atoms with Gasteiger partial charge in [0.2, 0.25) is 0 Å². The highest BCUT2D eigenvalue weighted by Gasteiger charge is 2.04. The average Bonchev–Trinajstić information content (AvgIpc) is 2.81. The van der Waals surface area contributed by atoms with Gasteiger partial charge < -0.3 is 5.32 Å². The van der Waals surface area contributed by atoms with Crippen molar-refractivity contribution in [3.8, 4) is 0 Å². The van der Waals surface area contributed by atoms with Crippen LogP contribution in [0.15, 0.2) is 36.5 Å². The van der Waals surface area contributed by atoms with Gasteiger partial charge in [-0.3, -0.25) is 0 Å². The number of hydrogen-bond acceptors (Lipinski definition) is 3. The second-order valence-electron chi connectivity index (χ2n) is 4.63. The number of aromatic nitrogens is 1. The molecule has 1 aromatic carbocycles. The van der Waals surface area contributed by atoms with E-state index < -0.39 is 0 Å². The van der Waals surface area contributed by atoms with Gasteiger partial charge in [0.15, 0.2) is 0 Å². The summed E-state index contributed by atoms with van der Waals surface area (Å²) in [5, 5.41) is 4.74. The van der Waals surface area contributed by atoms with E-state index in [1.807, 2.05) is 6.20 Å². The number of thiazole rings is 1. The molecule has 2 rings (SSSR count). The highest BCUT2D eigenvalue weighted by atomic mass is 32.1. The van der Waals surface area contributed by atoms with Crippen LogP contribution in [-0.2, 0) is 6.42 Å². The maximum absolute atomic E-state index is 4.37. The van der Waals surface area contributed by atoms with Crippen LogP contribution in [-0.4, -0.2) is 18.1 Å². The highest BCUT2D eigenvalue weighted by Crippen LogP contribution is 2.13. The van der Waals surface area contributed by atoms with Crippen LogP contribution in [0.3, 0.4) is 0 Å². The van der Waals surface area contributed by atoms with E-state index in [4.69, 9.17) is 0 Å². The Hall–Kier alpha value is -1.19. The van der Waals surface area contributed by atoms with Crippen LogP contribution in [0.4, 0.5) is 0 Å². The van der Waals surface area contributed by atoms with E-state index in [-0.39, 0.29) is 0 Å². The standard InChI is InChI=1S/C15H20N2S/c1-12(14-6-4-3-5-7-14)10-16-9-8-15-17-11-13(2)18-15/h3-7,11-12,16H,8-10H2,1-2H3/t12-/m1/s1. The molecule has 0 aliphatic carbocycles. The van der Waals surface area contributed by atoms with Gasteiger partial charge in [0.1, 0.15) is 0 Å². The Balaban J connectivity index is 1.69. The molecule has 1 aromatic heterocycles. The monoisotopic (exact) mass is 260 g/mol. The molecule has 1 heterocycles. The number of aryl methyl sites for hydroxylation is 1. The Morgan fingerprint density at radius 2 is 2.06 bits per heavy atom. The first-order chi connectivity index (χ1) is 8.75. The van der Waals surface area contributed by atoms with Crippen LogP contribution < -0.4 is 5.32 Å². The largest absolute Gasteiger partial charge is 0.316 e. The quantitative estimate of drug-likeness (QED) is 0.805. The van der Waals surface area contributed by atoms with Gasteiger partial charge in [-0.1, -0.05) is 37.3 Å². The van der Waals surface area contributed by atoms with Crippen molar-refractivity contribution < 1.29 is 0 Å². The number of nitrogens with zero attached hydrogens (tertiary/aromatic N) is 1. The molecule has 0 radical (unpaired) electrons. The van der Waals surface area contributed by atoms with E-state index >= 15 is 0 Å². The van der Waals surface area contributed by atoms with E-state index in [1.165, 1.54) is 15.4 Å². The molecule has 3 heteroatoms. The Bertz CT molecular complexity index is 464. The summed E-state index contributed by atoms with van der Waals surface area (Å²) in [6.07, 6.45) is 2.98. The third-order valence-corrected chi connectivity index (χ3v) is 3.98. The van der Waals surface area contributed by atoms with Gasteiger partial charge in [-0.2, -0.15) is 0 Å². The summed E-state index contributed by atoms with van der Waals surface area (Å²) >= 11 is 1.79. The third-order valence-electron chi connectivity index (χ3n) is 3.00. The summed E-state index contributed by atoms with van der Waals surface area (Å²) in [5.41, 5.74) is 1.40. The summed E-state index contributed by atoms with van der Waals surface area (Å²) < 4.78 is 0. The van der Waals surface area contributed by atoms with Gasteiger partial charge in [-0.25, -0.2) is 4.98 Å². The summed E-state index contributed by atoms with van der Waals surface area (Å²) in [6.45, 7) is 6.39. The first kappa shape index (κ1) is 13.2. The predicted molar refractivity (Wildman–Crippen MR) is 78.3 cm³/mol. The minimum Gasteiger partial charge on any atom is -0.316 e. The Morgan fingerprint density at radius 1 is 1.28 bits per heavy atom. The van der Waals surface area contributed by atoms with Crippen LogP contribution in [0.1, 0.15) is 28.3 Å². The van der Waals surface area contributed by atoms with Gasteiger partial charge in [0, 0.05) is 30.6 Å². The normalized spacial score (nSPS) is 12.6. The molecule has 1 atom stereocenters. The molecule has 2 aromatic rings. The molecule has 0 saturated carbocycles. The van der Waals surface area contributed by atoms with Crippen LogP contribution in [0.2, 0.25) is 0 Å². The Labute approximate surface area is 113 Å². The lowest BCUT2D eigenvalue weighted by Crippen LogP contribution is -2.22. The summed E-state index contributed by atoms with van der Waals surface area (Å²) in [7, 11) is 0. The number of hydrogen-bond donors (Lipinski definition) is 1. The van der Waals surface area contributed by atoms with Crippen LogP contribution in [0.25, 0.3) is 0 Å². The zero-order chi connectivity index (χ0) is 12.8. The van der Waals surface area contributed by atoms with E-state index in [2.05, 4.69) is 54.5 Å². The zero-order valence-electron chi connectivity index (χ0n) is 11.0.